The molecule has 0 N–H and O–H groups in total. The van der Waals surface area contributed by atoms with Crippen LogP contribution in [0, 0.1) is 13.5 Å². The molecule has 1 nitrogen and oxygen atoms in total. The van der Waals surface area contributed by atoms with Gasteiger partial charge >= 0.3 is 0 Å². The fourth-order valence-electron chi connectivity index (χ4n) is 1.02. The fourth-order valence-corrected chi connectivity index (χ4v) is 1.02. The lowest BCUT2D eigenvalue weighted by Gasteiger charge is -1.93. The summed E-state index contributed by atoms with van der Waals surface area (Å²) >= 11 is 0. The maximum Gasteiger partial charge on any atom is 0.233 e. The van der Waals surface area contributed by atoms with E-state index in [-0.39, 0.29) is 0 Å². The highest BCUT2D eigenvalue weighted by atomic mass is 14.6. The minimum Gasteiger partial charge on any atom is -0.312 e. The molecule has 0 spiro atoms. The maximum atomic E-state index is 6.58. The molecule has 0 unspecified atom stereocenters. The Kier molecular flexibility index (Phi) is 3.10. The van der Waals surface area contributed by atoms with Gasteiger partial charge in [-0.2, -0.15) is 0 Å². The first-order valence-corrected chi connectivity index (χ1v) is 3.89. The van der Waals surface area contributed by atoms with E-state index in [2.05, 4.69) is 23.9 Å². The third-order valence-electron chi connectivity index (χ3n) is 1.55. The summed E-state index contributed by atoms with van der Waals surface area (Å²) in [6, 6.07) is 8.22. The van der Waals surface area contributed by atoms with Crippen LogP contribution < -0.4 is 0 Å². The number of benzene rings is 1. The van der Waals surface area contributed by atoms with E-state index in [0.717, 1.165) is 0 Å². The summed E-state index contributed by atoms with van der Waals surface area (Å²) in [4.78, 5) is 3.24. The van der Waals surface area contributed by atoms with Crippen molar-refractivity contribution in [1.29, 1.82) is 0 Å². The van der Waals surface area contributed by atoms with Crippen molar-refractivity contribution in [2.24, 2.45) is 0 Å². The molecule has 1 aromatic rings. The Morgan fingerprint density at radius 3 is 3.00 bits per heavy atom. The van der Waals surface area contributed by atoms with Gasteiger partial charge in [0.2, 0.25) is 6.54 Å². The highest BCUT2D eigenvalue weighted by Crippen LogP contribution is 2.05. The Hall–Kier alpha value is -1.55. The van der Waals surface area contributed by atoms with Gasteiger partial charge in [0.1, 0.15) is 0 Å². The SMILES string of the molecule is [C-]#[N+]C/C=C/c1cccc(C)c1. The monoisotopic (exact) mass is 157 g/mol. The van der Waals surface area contributed by atoms with Crippen LogP contribution in [0.3, 0.4) is 0 Å². The molecule has 0 aliphatic carbocycles. The molecule has 0 aliphatic heterocycles. The topological polar surface area (TPSA) is 4.36 Å². The lowest BCUT2D eigenvalue weighted by Crippen LogP contribution is -1.74. The fraction of sp³-hybridized carbons (Fsp3) is 0.182. The first-order chi connectivity index (χ1) is 5.83. The Bertz CT molecular complexity index is 318. The van der Waals surface area contributed by atoms with Gasteiger partial charge in [-0.15, -0.1) is 0 Å². The van der Waals surface area contributed by atoms with Crippen LogP contribution in [0.4, 0.5) is 0 Å². The Morgan fingerprint density at radius 1 is 1.50 bits per heavy atom. The molecular formula is C11H11N. The molecule has 0 bridgehead atoms. The molecular weight excluding hydrogens is 146 g/mol. The zero-order valence-corrected chi connectivity index (χ0v) is 7.12. The molecule has 0 radical (unpaired) electrons. The zero-order chi connectivity index (χ0) is 8.81. The molecule has 0 saturated heterocycles. The van der Waals surface area contributed by atoms with E-state index in [9.17, 15) is 0 Å². The van der Waals surface area contributed by atoms with Crippen LogP contribution >= 0.6 is 0 Å². The summed E-state index contributed by atoms with van der Waals surface area (Å²) < 4.78 is 0. The summed E-state index contributed by atoms with van der Waals surface area (Å²) in [6.07, 6.45) is 3.85. The van der Waals surface area contributed by atoms with Crippen LogP contribution in [-0.2, 0) is 0 Å². The maximum absolute atomic E-state index is 6.58. The Morgan fingerprint density at radius 2 is 2.33 bits per heavy atom. The van der Waals surface area contributed by atoms with E-state index >= 15 is 0 Å². The summed E-state index contributed by atoms with van der Waals surface area (Å²) in [5.74, 6) is 0. The molecule has 0 aliphatic rings. The van der Waals surface area contributed by atoms with Crippen LogP contribution in [0.25, 0.3) is 10.9 Å². The van der Waals surface area contributed by atoms with Crippen molar-refractivity contribution in [2.45, 2.75) is 6.92 Å². The van der Waals surface area contributed by atoms with Gasteiger partial charge in [-0.05, 0) is 18.6 Å². The van der Waals surface area contributed by atoms with Gasteiger partial charge in [0, 0.05) is 0 Å². The van der Waals surface area contributed by atoms with E-state index < -0.39 is 0 Å². The van der Waals surface area contributed by atoms with Crippen molar-refractivity contribution in [1.82, 2.24) is 0 Å². The van der Waals surface area contributed by atoms with Gasteiger partial charge in [0.15, 0.2) is 0 Å². The second-order valence-corrected chi connectivity index (χ2v) is 2.66. The van der Waals surface area contributed by atoms with Crippen molar-refractivity contribution in [2.75, 3.05) is 6.54 Å². The van der Waals surface area contributed by atoms with Gasteiger partial charge in [-0.25, -0.2) is 6.57 Å². The molecule has 1 aromatic carbocycles. The summed E-state index contributed by atoms with van der Waals surface area (Å²) in [7, 11) is 0. The van der Waals surface area contributed by atoms with E-state index in [1.807, 2.05) is 24.3 Å². The quantitative estimate of drug-likeness (QED) is 0.581. The van der Waals surface area contributed by atoms with Crippen LogP contribution in [0.2, 0.25) is 0 Å². The highest BCUT2D eigenvalue weighted by Gasteiger charge is 1.86. The average Bonchev–Trinajstić information content (AvgIpc) is 2.05. The predicted octanol–water partition coefficient (Wildman–Crippen LogP) is 2.93. The second-order valence-electron chi connectivity index (χ2n) is 2.66. The van der Waals surface area contributed by atoms with Gasteiger partial charge in [0.25, 0.3) is 0 Å². The van der Waals surface area contributed by atoms with Gasteiger partial charge < -0.3 is 4.85 Å². The zero-order valence-electron chi connectivity index (χ0n) is 7.12. The molecule has 12 heavy (non-hydrogen) atoms. The van der Waals surface area contributed by atoms with Crippen LogP contribution in [-0.4, -0.2) is 6.54 Å². The lowest BCUT2D eigenvalue weighted by atomic mass is 10.1. The molecule has 1 heteroatoms. The van der Waals surface area contributed by atoms with E-state index in [0.29, 0.717) is 6.54 Å². The number of hydrogen-bond donors (Lipinski definition) is 0. The normalized spacial score (nSPS) is 10.0. The third kappa shape index (κ3) is 2.59. The first kappa shape index (κ1) is 8.55. The largest absolute Gasteiger partial charge is 0.312 e. The van der Waals surface area contributed by atoms with Crippen molar-refractivity contribution < 1.29 is 0 Å². The lowest BCUT2D eigenvalue weighted by molar-refractivity contribution is 1.45. The summed E-state index contributed by atoms with van der Waals surface area (Å²) in [6.45, 7) is 9.11. The van der Waals surface area contributed by atoms with E-state index in [1.165, 1.54) is 11.1 Å². The van der Waals surface area contributed by atoms with Crippen LogP contribution in [0.5, 0.6) is 0 Å². The van der Waals surface area contributed by atoms with Crippen LogP contribution in [0.1, 0.15) is 11.1 Å². The minimum atomic E-state index is 0.466. The predicted molar refractivity (Wildman–Crippen MR) is 51.7 cm³/mol. The van der Waals surface area contributed by atoms with Gasteiger partial charge in [0.05, 0.1) is 0 Å². The second kappa shape index (κ2) is 4.35. The van der Waals surface area contributed by atoms with E-state index in [4.69, 9.17) is 6.57 Å². The smallest absolute Gasteiger partial charge is 0.233 e. The van der Waals surface area contributed by atoms with Crippen LogP contribution in [0.15, 0.2) is 30.3 Å². The van der Waals surface area contributed by atoms with Crippen molar-refractivity contribution in [3.63, 3.8) is 0 Å². The standard InChI is InChI=1S/C11H11N/c1-10-5-3-6-11(9-10)7-4-8-12-2/h3-7,9H,8H2,1H3/b7-4+. The number of nitrogens with zero attached hydrogens (tertiary/aromatic N) is 1. The first-order valence-electron chi connectivity index (χ1n) is 3.89. The average molecular weight is 157 g/mol. The number of hydrogen-bond acceptors (Lipinski definition) is 0. The Labute approximate surface area is 73.2 Å². The Balaban J connectivity index is 2.71. The number of rotatable bonds is 2. The molecule has 60 valence electrons. The molecule has 0 fully saturated rings. The summed E-state index contributed by atoms with van der Waals surface area (Å²) in [5.41, 5.74) is 2.42. The van der Waals surface area contributed by atoms with Crippen molar-refractivity contribution in [3.05, 3.63) is 52.9 Å². The van der Waals surface area contributed by atoms with E-state index in [1.54, 1.807) is 0 Å². The highest BCUT2D eigenvalue weighted by molar-refractivity contribution is 5.50. The molecule has 0 saturated carbocycles. The molecule has 0 atom stereocenters. The molecule has 0 amide bonds. The van der Waals surface area contributed by atoms with Gasteiger partial charge in [-0.3, -0.25) is 0 Å². The van der Waals surface area contributed by atoms with Crippen molar-refractivity contribution in [3.8, 4) is 0 Å². The third-order valence-corrected chi connectivity index (χ3v) is 1.55. The molecule has 0 aromatic heterocycles. The number of aryl methyl sites for hydroxylation is 1. The van der Waals surface area contributed by atoms with Crippen molar-refractivity contribution >= 4 is 6.08 Å². The molecule has 1 rings (SSSR count). The minimum absolute atomic E-state index is 0.466. The van der Waals surface area contributed by atoms with Gasteiger partial charge in [-0.1, -0.05) is 35.9 Å². The summed E-state index contributed by atoms with van der Waals surface area (Å²) in [5, 5.41) is 0. The molecule has 0 heterocycles.